The van der Waals surface area contributed by atoms with Gasteiger partial charge in [0.25, 0.3) is 0 Å². The van der Waals surface area contributed by atoms with Crippen LogP contribution in [-0.4, -0.2) is 97.0 Å². The molecule has 0 bridgehead atoms. The maximum Gasteiger partial charge on any atom is 0.330 e. The summed E-state index contributed by atoms with van der Waals surface area (Å²) in [6.07, 6.45) is 25.1. The van der Waals surface area contributed by atoms with Crippen LogP contribution in [0.15, 0.2) is 131 Å². The molecule has 0 aromatic heterocycles. The van der Waals surface area contributed by atoms with Gasteiger partial charge in [-0.25, -0.2) is 14.6 Å². The highest BCUT2D eigenvalue weighted by Gasteiger charge is 2.35. The molecule has 0 spiro atoms. The third-order valence-electron chi connectivity index (χ3n) is 14.2. The second-order valence-corrected chi connectivity index (χ2v) is 21.1. The Labute approximate surface area is 467 Å². The third-order valence-corrected chi connectivity index (χ3v) is 15.5. The Bertz CT molecular complexity index is 2620. The van der Waals surface area contributed by atoms with Crippen molar-refractivity contribution < 1.29 is 66.7 Å². The van der Waals surface area contributed by atoms with Crippen molar-refractivity contribution in [2.24, 2.45) is 33.8 Å². The Kier molecular flexibility index (Phi) is 23.6. The van der Waals surface area contributed by atoms with Crippen molar-refractivity contribution in [2.75, 3.05) is 33.5 Å². The average molecular weight is 1100 g/mol. The van der Waals surface area contributed by atoms with E-state index in [4.69, 9.17) is 48.0 Å². The van der Waals surface area contributed by atoms with Crippen LogP contribution in [0.25, 0.3) is 0 Å². The zero-order chi connectivity index (χ0) is 55.8. The number of thioether (sulfide) groups is 1. The second-order valence-electron chi connectivity index (χ2n) is 20.0. The number of ether oxygens (including phenoxy) is 8. The fourth-order valence-corrected chi connectivity index (χ4v) is 10.6. The molecule has 17 nitrogen and oxygen atoms in total. The average Bonchev–Trinajstić information content (AvgIpc) is 3.94. The van der Waals surface area contributed by atoms with Gasteiger partial charge in [0, 0.05) is 37.6 Å². The third kappa shape index (κ3) is 19.3. The van der Waals surface area contributed by atoms with Gasteiger partial charge in [-0.05, 0) is 157 Å². The number of rotatable bonds is 28. The van der Waals surface area contributed by atoms with Crippen molar-refractivity contribution in [2.45, 2.75) is 127 Å². The normalized spacial score (nSPS) is 21.4. The largest absolute Gasteiger partial charge is 0.494 e. The summed E-state index contributed by atoms with van der Waals surface area (Å²) in [6.45, 7) is 8.59. The maximum absolute atomic E-state index is 13.8. The van der Waals surface area contributed by atoms with Gasteiger partial charge in [-0.1, -0.05) is 49.2 Å². The second kappa shape index (κ2) is 31.4. The standard InChI is InChI=1S/C61H73N3O14S/c1-4-55(65)73-38-14-8-6-12-36-71-47-26-30-49(31-27-47)75-57(67)42-18-20-44(21-19-42)59(69)77-51-34-35-53(46(40-51)41-62-64(3)61-63-52-16-10-11-17-54(52)79-61)78-60(70)45-24-22-43(23-25-45)58(68)76-50-32-28-48(29-33-50)72-37-13-7-9-15-39-74-56(66)5-2/h4-5,10-11,16-17,26-33,40-45,52,54H,1-2,6-9,12-15,18-25,34-39H2,3H3/b62-41+. The Morgan fingerprint density at radius 3 is 1.47 bits per heavy atom. The molecule has 2 aromatic carbocycles. The minimum atomic E-state index is -0.421. The molecule has 0 N–H and O–H groups in total. The highest BCUT2D eigenvalue weighted by molar-refractivity contribution is 8.14. The molecule has 1 heterocycles. The molecule has 0 saturated heterocycles. The molecule has 18 heteroatoms. The molecule has 5 aliphatic rings. The number of aliphatic imine (C=N–C) groups is 1. The Hall–Kier alpha value is -7.21. The van der Waals surface area contributed by atoms with Crippen LogP contribution < -0.4 is 18.9 Å². The van der Waals surface area contributed by atoms with Crippen molar-refractivity contribution in [3.63, 3.8) is 0 Å². The van der Waals surface area contributed by atoms with Crippen LogP contribution in [0, 0.1) is 23.7 Å². The molecule has 1 aliphatic heterocycles. The molecule has 422 valence electrons. The predicted molar refractivity (Wildman–Crippen MR) is 299 cm³/mol. The molecule has 7 rings (SSSR count). The van der Waals surface area contributed by atoms with Crippen LogP contribution in [0.2, 0.25) is 0 Å². The van der Waals surface area contributed by atoms with Gasteiger partial charge in [-0.15, -0.1) is 0 Å². The number of benzene rings is 2. The monoisotopic (exact) mass is 1100 g/mol. The van der Waals surface area contributed by atoms with Crippen molar-refractivity contribution in [1.82, 2.24) is 5.01 Å². The summed E-state index contributed by atoms with van der Waals surface area (Å²) < 4.78 is 45.2. The van der Waals surface area contributed by atoms with E-state index in [2.05, 4.69) is 25.3 Å². The van der Waals surface area contributed by atoms with E-state index < -0.39 is 23.8 Å². The van der Waals surface area contributed by atoms with E-state index in [0.717, 1.165) is 68.7 Å². The lowest BCUT2D eigenvalue weighted by molar-refractivity contribution is -0.149. The molecule has 0 radical (unpaired) electrons. The van der Waals surface area contributed by atoms with Gasteiger partial charge >= 0.3 is 35.8 Å². The van der Waals surface area contributed by atoms with E-state index in [1.54, 1.807) is 77.6 Å². The predicted octanol–water partition coefficient (Wildman–Crippen LogP) is 11.0. The SMILES string of the molecule is C=CC(=O)OCCCCCCOc1ccc(OC(=O)C2CCC(C(=O)OC3=CC(/C=N/N(C)C4=NC5C=CC=CC5S4)=C(OC(=O)C4CCC(C(=O)Oc5ccc(OCCCCCCOC(=O)C=C)cc5)CC4)CC3)CC2)cc1. The lowest BCUT2D eigenvalue weighted by Crippen LogP contribution is -2.30. The number of carbonyl (C=O) groups excluding carboxylic acids is 6. The zero-order valence-electron chi connectivity index (χ0n) is 45.1. The van der Waals surface area contributed by atoms with Crippen molar-refractivity contribution >= 4 is 59.0 Å². The number of unbranched alkanes of at least 4 members (excludes halogenated alkanes) is 6. The number of amidine groups is 1. The summed E-state index contributed by atoms with van der Waals surface area (Å²) >= 11 is 1.61. The number of nitrogens with zero attached hydrogens (tertiary/aromatic N) is 3. The van der Waals surface area contributed by atoms with Gasteiger partial charge in [0.15, 0.2) is 5.17 Å². The summed E-state index contributed by atoms with van der Waals surface area (Å²) in [5.74, 6) is -0.802. The van der Waals surface area contributed by atoms with E-state index in [-0.39, 0.29) is 53.4 Å². The van der Waals surface area contributed by atoms with E-state index in [1.807, 2.05) is 19.2 Å². The molecular weight excluding hydrogens is 1030 g/mol. The molecule has 79 heavy (non-hydrogen) atoms. The highest BCUT2D eigenvalue weighted by atomic mass is 32.2. The van der Waals surface area contributed by atoms with E-state index >= 15 is 0 Å². The first-order chi connectivity index (χ1) is 38.4. The van der Waals surface area contributed by atoms with Crippen molar-refractivity contribution in [1.29, 1.82) is 0 Å². The van der Waals surface area contributed by atoms with E-state index in [9.17, 15) is 28.8 Å². The van der Waals surface area contributed by atoms with E-state index in [0.29, 0.717) is 124 Å². The summed E-state index contributed by atoms with van der Waals surface area (Å²) in [4.78, 5) is 80.9. The molecular formula is C61H73N3O14S. The molecule has 2 saturated carbocycles. The number of fused-ring (bicyclic) bond motifs is 1. The number of carbonyl (C=O) groups is 6. The smallest absolute Gasteiger partial charge is 0.330 e. The lowest BCUT2D eigenvalue weighted by Gasteiger charge is -2.27. The van der Waals surface area contributed by atoms with Crippen LogP contribution in [0.1, 0.15) is 116 Å². The first kappa shape index (κ1) is 59.5. The van der Waals surface area contributed by atoms with Gasteiger partial charge in [0.05, 0.1) is 67.6 Å². The number of allylic oxidation sites excluding steroid dienone is 6. The first-order valence-electron chi connectivity index (χ1n) is 27.7. The minimum absolute atomic E-state index is 0.0203. The number of hydrogen-bond donors (Lipinski definition) is 0. The van der Waals surface area contributed by atoms with Gasteiger partial charge in [0.2, 0.25) is 0 Å². The van der Waals surface area contributed by atoms with Crippen LogP contribution in [0.4, 0.5) is 0 Å². The van der Waals surface area contributed by atoms with Gasteiger partial charge in [-0.2, -0.15) is 5.10 Å². The molecule has 2 fully saturated rings. The topological polar surface area (TPSA) is 204 Å². The quantitative estimate of drug-likeness (QED) is 0.0148. The van der Waals surface area contributed by atoms with Crippen LogP contribution in [0.5, 0.6) is 23.0 Å². The van der Waals surface area contributed by atoms with Crippen molar-refractivity contribution in [3.05, 3.63) is 121 Å². The number of hydrazone groups is 1. The van der Waals surface area contributed by atoms with E-state index in [1.165, 1.54) is 0 Å². The first-order valence-corrected chi connectivity index (χ1v) is 28.5. The summed E-state index contributed by atoms with van der Waals surface area (Å²) in [5, 5.41) is 7.30. The molecule has 2 aromatic rings. The molecule has 2 atom stereocenters. The number of esters is 6. The van der Waals surface area contributed by atoms with Crippen LogP contribution in [0.3, 0.4) is 0 Å². The van der Waals surface area contributed by atoms with Crippen LogP contribution >= 0.6 is 11.8 Å². The molecule has 2 unspecified atom stereocenters. The minimum Gasteiger partial charge on any atom is -0.494 e. The zero-order valence-corrected chi connectivity index (χ0v) is 46.0. The summed E-state index contributed by atoms with van der Waals surface area (Å²) in [6, 6.07) is 13.9. The highest BCUT2D eigenvalue weighted by Crippen LogP contribution is 2.37. The summed E-state index contributed by atoms with van der Waals surface area (Å²) in [5.41, 5.74) is 0.493. The fraction of sp³-hybridized carbons (Fsp3) is 0.475. The van der Waals surface area contributed by atoms with Gasteiger partial charge in [-0.3, -0.25) is 24.2 Å². The Morgan fingerprint density at radius 2 is 1.00 bits per heavy atom. The fourth-order valence-electron chi connectivity index (χ4n) is 9.56. The number of hydrogen-bond acceptors (Lipinski definition) is 18. The molecule has 4 aliphatic carbocycles. The Morgan fingerprint density at radius 1 is 0.570 bits per heavy atom. The van der Waals surface area contributed by atoms with Crippen molar-refractivity contribution in [3.8, 4) is 23.0 Å². The van der Waals surface area contributed by atoms with Crippen LogP contribution in [-0.2, 0) is 47.7 Å². The lowest BCUT2D eigenvalue weighted by atomic mass is 9.82. The summed E-state index contributed by atoms with van der Waals surface area (Å²) in [7, 11) is 1.81. The van der Waals surface area contributed by atoms with Gasteiger partial charge < -0.3 is 37.9 Å². The Balaban J connectivity index is 0.858. The maximum atomic E-state index is 13.8. The molecule has 0 amide bonds. The van der Waals surface area contributed by atoms with Gasteiger partial charge in [0.1, 0.15) is 34.5 Å².